The van der Waals surface area contributed by atoms with Crippen molar-refractivity contribution in [3.05, 3.63) is 42.1 Å². The molecular weight excluding hydrogens is 256 g/mol. The van der Waals surface area contributed by atoms with Crippen LogP contribution >= 0.6 is 0 Å². The molecule has 0 saturated carbocycles. The first-order valence-electron chi connectivity index (χ1n) is 6.36. The number of anilines is 1. The number of hydrogen-bond acceptors (Lipinski definition) is 4. The first-order valence-corrected chi connectivity index (χ1v) is 6.36. The van der Waals surface area contributed by atoms with Crippen molar-refractivity contribution < 1.29 is 9.15 Å². The van der Waals surface area contributed by atoms with Gasteiger partial charge in [0.1, 0.15) is 18.1 Å². The molecule has 2 aromatic rings. The van der Waals surface area contributed by atoms with E-state index in [1.807, 2.05) is 31.2 Å². The zero-order valence-electron chi connectivity index (χ0n) is 11.6. The maximum Gasteiger partial charge on any atom is 0.194 e. The number of nitrogens with two attached hydrogens (primary N) is 1. The highest BCUT2D eigenvalue weighted by molar-refractivity contribution is 5.92. The van der Waals surface area contributed by atoms with Gasteiger partial charge in [-0.25, -0.2) is 9.98 Å². The summed E-state index contributed by atoms with van der Waals surface area (Å²) in [5, 5.41) is 2.99. The van der Waals surface area contributed by atoms with E-state index in [2.05, 4.69) is 15.3 Å². The first kappa shape index (κ1) is 13.9. The van der Waals surface area contributed by atoms with E-state index in [0.717, 1.165) is 17.9 Å². The number of guanidine groups is 1. The summed E-state index contributed by atoms with van der Waals surface area (Å²) in [7, 11) is 1.63. The van der Waals surface area contributed by atoms with E-state index in [1.165, 1.54) is 0 Å². The highest BCUT2D eigenvalue weighted by atomic mass is 16.5. The molecule has 6 nitrogen and oxygen atoms in total. The predicted octanol–water partition coefficient (Wildman–Crippen LogP) is 2.17. The number of aryl methyl sites for hydroxylation is 1. The summed E-state index contributed by atoms with van der Waals surface area (Å²) in [6.45, 7) is 2.35. The Bertz CT molecular complexity index is 575. The van der Waals surface area contributed by atoms with Gasteiger partial charge in [-0.1, -0.05) is 6.92 Å². The standard InChI is InChI=1S/C14H18N4O2/c1-3-13-16-8-12(20-13)9-17-14(15)18-10-4-6-11(19-2)7-5-10/h4-8H,3,9H2,1-2H3,(H3,15,17,18). The zero-order chi connectivity index (χ0) is 14.4. The molecule has 6 heteroatoms. The maximum atomic E-state index is 5.81. The predicted molar refractivity (Wildman–Crippen MR) is 77.8 cm³/mol. The Labute approximate surface area is 117 Å². The van der Waals surface area contributed by atoms with Gasteiger partial charge in [-0.2, -0.15) is 0 Å². The molecule has 0 amide bonds. The summed E-state index contributed by atoms with van der Waals surface area (Å²) >= 11 is 0. The van der Waals surface area contributed by atoms with Crippen LogP contribution in [-0.2, 0) is 13.0 Å². The van der Waals surface area contributed by atoms with E-state index in [4.69, 9.17) is 14.9 Å². The Balaban J connectivity index is 1.92. The van der Waals surface area contributed by atoms with Crippen LogP contribution in [0.5, 0.6) is 5.75 Å². The number of benzene rings is 1. The molecule has 106 valence electrons. The minimum absolute atomic E-state index is 0.324. The van der Waals surface area contributed by atoms with Crippen LogP contribution in [0, 0.1) is 0 Å². The van der Waals surface area contributed by atoms with Crippen molar-refractivity contribution in [2.45, 2.75) is 19.9 Å². The molecule has 2 rings (SSSR count). The van der Waals surface area contributed by atoms with Gasteiger partial charge < -0.3 is 20.2 Å². The Kier molecular flexibility index (Phi) is 4.60. The minimum Gasteiger partial charge on any atom is -0.497 e. The lowest BCUT2D eigenvalue weighted by Gasteiger charge is -2.06. The Morgan fingerprint density at radius 2 is 2.15 bits per heavy atom. The van der Waals surface area contributed by atoms with Crippen molar-refractivity contribution in [3.63, 3.8) is 0 Å². The topological polar surface area (TPSA) is 85.7 Å². The molecule has 0 aliphatic heterocycles. The number of ether oxygens (including phenoxy) is 1. The van der Waals surface area contributed by atoms with E-state index in [1.54, 1.807) is 13.3 Å². The smallest absolute Gasteiger partial charge is 0.194 e. The molecule has 0 spiro atoms. The van der Waals surface area contributed by atoms with Gasteiger partial charge in [-0.3, -0.25) is 0 Å². The van der Waals surface area contributed by atoms with Gasteiger partial charge in [0.25, 0.3) is 0 Å². The third kappa shape index (κ3) is 3.74. The van der Waals surface area contributed by atoms with Gasteiger partial charge in [0.2, 0.25) is 0 Å². The number of rotatable bonds is 5. The molecular formula is C14H18N4O2. The van der Waals surface area contributed by atoms with E-state index < -0.39 is 0 Å². The molecule has 0 aliphatic carbocycles. The summed E-state index contributed by atoms with van der Waals surface area (Å²) in [5.74, 6) is 2.52. The summed E-state index contributed by atoms with van der Waals surface area (Å²) in [6, 6.07) is 7.43. The second kappa shape index (κ2) is 6.60. The van der Waals surface area contributed by atoms with E-state index in [9.17, 15) is 0 Å². The molecule has 20 heavy (non-hydrogen) atoms. The Hall–Kier alpha value is -2.50. The lowest BCUT2D eigenvalue weighted by molar-refractivity contribution is 0.415. The maximum absolute atomic E-state index is 5.81. The fraction of sp³-hybridized carbons (Fsp3) is 0.286. The van der Waals surface area contributed by atoms with Crippen LogP contribution in [0.4, 0.5) is 5.69 Å². The van der Waals surface area contributed by atoms with Crippen LogP contribution in [-0.4, -0.2) is 18.1 Å². The summed E-state index contributed by atoms with van der Waals surface area (Å²) in [5.41, 5.74) is 6.66. The lowest BCUT2D eigenvalue weighted by atomic mass is 10.3. The Morgan fingerprint density at radius 3 is 2.75 bits per heavy atom. The first-order chi connectivity index (χ1) is 9.71. The SMILES string of the molecule is CCc1ncc(CN=C(N)Nc2ccc(OC)cc2)o1. The Morgan fingerprint density at radius 1 is 1.40 bits per heavy atom. The largest absolute Gasteiger partial charge is 0.497 e. The van der Waals surface area contributed by atoms with Crippen LogP contribution in [0.25, 0.3) is 0 Å². The molecule has 1 heterocycles. The second-order valence-corrected chi connectivity index (χ2v) is 4.13. The molecule has 0 saturated heterocycles. The molecule has 1 aromatic heterocycles. The fourth-order valence-electron chi connectivity index (χ4n) is 1.61. The third-order valence-electron chi connectivity index (χ3n) is 2.67. The normalized spacial score (nSPS) is 11.4. The van der Waals surface area contributed by atoms with Crippen molar-refractivity contribution in [2.75, 3.05) is 12.4 Å². The molecule has 0 unspecified atom stereocenters. The lowest BCUT2D eigenvalue weighted by Crippen LogP contribution is -2.22. The minimum atomic E-state index is 0.324. The van der Waals surface area contributed by atoms with Crippen molar-refractivity contribution >= 4 is 11.6 Å². The molecule has 3 N–H and O–H groups in total. The monoisotopic (exact) mass is 274 g/mol. The van der Waals surface area contributed by atoms with Crippen LogP contribution < -0.4 is 15.8 Å². The molecule has 0 fully saturated rings. The van der Waals surface area contributed by atoms with Crippen LogP contribution in [0.15, 0.2) is 39.9 Å². The van der Waals surface area contributed by atoms with Crippen LogP contribution in [0.3, 0.4) is 0 Å². The van der Waals surface area contributed by atoms with Crippen molar-refractivity contribution in [1.82, 2.24) is 4.98 Å². The van der Waals surface area contributed by atoms with Crippen molar-refractivity contribution in [2.24, 2.45) is 10.7 Å². The fourth-order valence-corrected chi connectivity index (χ4v) is 1.61. The van der Waals surface area contributed by atoms with E-state index >= 15 is 0 Å². The average Bonchev–Trinajstić information content (AvgIpc) is 2.94. The quantitative estimate of drug-likeness (QED) is 0.644. The summed E-state index contributed by atoms with van der Waals surface area (Å²) < 4.78 is 10.5. The van der Waals surface area contributed by atoms with Gasteiger partial charge in [0.15, 0.2) is 11.9 Å². The van der Waals surface area contributed by atoms with Gasteiger partial charge in [-0.05, 0) is 24.3 Å². The van der Waals surface area contributed by atoms with Crippen molar-refractivity contribution in [3.8, 4) is 5.75 Å². The number of oxazole rings is 1. The van der Waals surface area contributed by atoms with Gasteiger partial charge in [-0.15, -0.1) is 0 Å². The van der Waals surface area contributed by atoms with Gasteiger partial charge in [0, 0.05) is 12.1 Å². The van der Waals surface area contributed by atoms with E-state index in [0.29, 0.717) is 24.2 Å². The van der Waals surface area contributed by atoms with Crippen molar-refractivity contribution in [1.29, 1.82) is 0 Å². The van der Waals surface area contributed by atoms with E-state index in [-0.39, 0.29) is 0 Å². The number of nitrogens with one attached hydrogen (secondary N) is 1. The average molecular weight is 274 g/mol. The summed E-state index contributed by atoms with van der Waals surface area (Å²) in [6.07, 6.45) is 2.44. The number of aliphatic imine (C=N–C) groups is 1. The highest BCUT2D eigenvalue weighted by Crippen LogP contribution is 2.14. The molecule has 0 atom stereocenters. The van der Waals surface area contributed by atoms with Gasteiger partial charge >= 0.3 is 0 Å². The number of nitrogens with zero attached hydrogens (tertiary/aromatic N) is 2. The highest BCUT2D eigenvalue weighted by Gasteiger charge is 2.01. The third-order valence-corrected chi connectivity index (χ3v) is 2.67. The summed E-state index contributed by atoms with van der Waals surface area (Å²) in [4.78, 5) is 8.30. The van der Waals surface area contributed by atoms with Crippen LogP contribution in [0.1, 0.15) is 18.6 Å². The number of methoxy groups -OCH3 is 1. The second-order valence-electron chi connectivity index (χ2n) is 4.13. The van der Waals surface area contributed by atoms with Gasteiger partial charge in [0.05, 0.1) is 13.3 Å². The number of hydrogen-bond donors (Lipinski definition) is 2. The number of aromatic nitrogens is 1. The molecule has 0 radical (unpaired) electrons. The van der Waals surface area contributed by atoms with Crippen LogP contribution in [0.2, 0.25) is 0 Å². The molecule has 0 aliphatic rings. The zero-order valence-corrected chi connectivity index (χ0v) is 11.6. The molecule has 0 bridgehead atoms. The molecule has 1 aromatic carbocycles.